The molecule has 0 saturated carbocycles. The van der Waals surface area contributed by atoms with Crippen molar-refractivity contribution in [3.05, 3.63) is 24.2 Å². The van der Waals surface area contributed by atoms with Gasteiger partial charge in [0.15, 0.2) is 14.2 Å². The van der Waals surface area contributed by atoms with Crippen LogP contribution < -0.4 is 5.32 Å². The van der Waals surface area contributed by atoms with Gasteiger partial charge in [0.1, 0.15) is 5.76 Å². The van der Waals surface area contributed by atoms with Crippen molar-refractivity contribution in [3.63, 3.8) is 0 Å². The first kappa shape index (κ1) is 18.2. The van der Waals surface area contributed by atoms with Crippen molar-refractivity contribution in [3.8, 4) is 0 Å². The minimum atomic E-state index is -3.00. The molecule has 1 amide bonds. The van der Waals surface area contributed by atoms with Crippen LogP contribution in [0.5, 0.6) is 0 Å². The van der Waals surface area contributed by atoms with Crippen molar-refractivity contribution in [1.82, 2.24) is 15.1 Å². The number of furan rings is 1. The van der Waals surface area contributed by atoms with Gasteiger partial charge in [-0.1, -0.05) is 23.1 Å². The number of hydrogen-bond acceptors (Lipinski definition) is 9. The maximum Gasteiger partial charge on any atom is 0.233 e. The van der Waals surface area contributed by atoms with Crippen molar-refractivity contribution in [1.29, 1.82) is 0 Å². The fourth-order valence-corrected chi connectivity index (χ4v) is 5.87. The highest BCUT2D eigenvalue weighted by Gasteiger charge is 2.32. The van der Waals surface area contributed by atoms with Crippen molar-refractivity contribution in [2.24, 2.45) is 0 Å². The second-order valence-electron chi connectivity index (χ2n) is 5.66. The highest BCUT2D eigenvalue weighted by molar-refractivity contribution is 8.01. The molecule has 1 aliphatic rings. The van der Waals surface area contributed by atoms with Crippen LogP contribution in [-0.2, 0) is 21.2 Å². The molecule has 0 radical (unpaired) electrons. The summed E-state index contributed by atoms with van der Waals surface area (Å²) >= 11 is 2.66. The first-order valence-corrected chi connectivity index (χ1v) is 11.2. The molecule has 1 N–H and O–H groups in total. The molecule has 25 heavy (non-hydrogen) atoms. The fourth-order valence-electron chi connectivity index (χ4n) is 2.43. The standard InChI is InChI=1S/C14H18N4O4S3/c1-18(10-4-6-25(20,21)9-10)12(19)8-23-14-17-16-13(24-14)15-7-11-3-2-5-22-11/h2-3,5,10H,4,6-9H2,1H3,(H,15,16)/t10-/m0/s1. The van der Waals surface area contributed by atoms with Gasteiger partial charge in [-0.15, -0.1) is 10.2 Å². The number of aromatic nitrogens is 2. The first-order chi connectivity index (χ1) is 11.9. The lowest BCUT2D eigenvalue weighted by molar-refractivity contribution is -0.128. The van der Waals surface area contributed by atoms with Crippen LogP contribution in [0, 0.1) is 0 Å². The number of carbonyl (C=O) groups excluding carboxylic acids is 1. The maximum atomic E-state index is 12.2. The quantitative estimate of drug-likeness (QED) is 0.694. The zero-order valence-corrected chi connectivity index (χ0v) is 16.0. The van der Waals surface area contributed by atoms with Crippen LogP contribution >= 0.6 is 23.1 Å². The minimum absolute atomic E-state index is 0.0551. The van der Waals surface area contributed by atoms with Gasteiger partial charge in [-0.2, -0.15) is 0 Å². The first-order valence-electron chi connectivity index (χ1n) is 7.61. The number of nitrogens with one attached hydrogen (secondary N) is 1. The Bertz CT molecular complexity index is 819. The Hall–Kier alpha value is -1.59. The third-order valence-corrected chi connectivity index (χ3v) is 7.62. The second kappa shape index (κ2) is 7.75. The van der Waals surface area contributed by atoms with Crippen LogP contribution in [0.15, 0.2) is 27.2 Å². The molecular weight excluding hydrogens is 384 g/mol. The predicted octanol–water partition coefficient (Wildman–Crippen LogP) is 1.48. The molecule has 0 bridgehead atoms. The summed E-state index contributed by atoms with van der Waals surface area (Å²) < 4.78 is 29.0. The van der Waals surface area contributed by atoms with E-state index in [4.69, 9.17) is 4.42 Å². The monoisotopic (exact) mass is 402 g/mol. The maximum absolute atomic E-state index is 12.2. The van der Waals surface area contributed by atoms with E-state index in [-0.39, 0.29) is 29.2 Å². The Balaban J connectivity index is 1.46. The second-order valence-corrected chi connectivity index (χ2v) is 10.1. The van der Waals surface area contributed by atoms with E-state index in [0.717, 1.165) is 5.76 Å². The van der Waals surface area contributed by atoms with Crippen LogP contribution in [0.2, 0.25) is 0 Å². The smallest absolute Gasteiger partial charge is 0.233 e. The Labute approximate surface area is 153 Å². The van der Waals surface area contributed by atoms with Crippen LogP contribution in [0.4, 0.5) is 5.13 Å². The average Bonchev–Trinajstić information content (AvgIpc) is 3.30. The van der Waals surface area contributed by atoms with Crippen LogP contribution in [0.25, 0.3) is 0 Å². The molecule has 8 nitrogen and oxygen atoms in total. The third kappa shape index (κ3) is 4.95. The fraction of sp³-hybridized carbons (Fsp3) is 0.500. The predicted molar refractivity (Wildman–Crippen MR) is 96.5 cm³/mol. The highest BCUT2D eigenvalue weighted by Crippen LogP contribution is 2.26. The molecule has 1 fully saturated rings. The molecule has 0 unspecified atom stereocenters. The SMILES string of the molecule is CN(C(=O)CSc1nnc(NCc2ccco2)s1)[C@H]1CCS(=O)(=O)C1. The van der Waals surface area contributed by atoms with Gasteiger partial charge in [0, 0.05) is 13.1 Å². The van der Waals surface area contributed by atoms with E-state index in [1.54, 1.807) is 13.3 Å². The van der Waals surface area contributed by atoms with E-state index in [1.807, 2.05) is 12.1 Å². The highest BCUT2D eigenvalue weighted by atomic mass is 32.2. The number of nitrogens with zero attached hydrogens (tertiary/aromatic N) is 3. The molecule has 2 aromatic rings. The van der Waals surface area contributed by atoms with E-state index < -0.39 is 9.84 Å². The molecule has 0 spiro atoms. The molecule has 2 aromatic heterocycles. The number of hydrogen-bond donors (Lipinski definition) is 1. The molecule has 3 rings (SSSR count). The molecular formula is C14H18N4O4S3. The average molecular weight is 403 g/mol. The van der Waals surface area contributed by atoms with E-state index in [9.17, 15) is 13.2 Å². The van der Waals surface area contributed by atoms with Gasteiger partial charge >= 0.3 is 0 Å². The molecule has 0 aliphatic carbocycles. The summed E-state index contributed by atoms with van der Waals surface area (Å²) in [5.74, 6) is 1.11. The molecule has 1 saturated heterocycles. The number of sulfone groups is 1. The summed E-state index contributed by atoms with van der Waals surface area (Å²) in [6, 6.07) is 3.45. The van der Waals surface area contributed by atoms with E-state index >= 15 is 0 Å². The molecule has 1 atom stereocenters. The van der Waals surface area contributed by atoms with Gasteiger partial charge in [-0.05, 0) is 18.6 Å². The lowest BCUT2D eigenvalue weighted by atomic mass is 10.2. The topological polar surface area (TPSA) is 105 Å². The number of carbonyl (C=O) groups is 1. The van der Waals surface area contributed by atoms with Crippen LogP contribution in [-0.4, -0.2) is 59.8 Å². The Morgan fingerprint density at radius 1 is 1.52 bits per heavy atom. The molecule has 0 aromatic carbocycles. The lowest BCUT2D eigenvalue weighted by Crippen LogP contribution is -2.38. The van der Waals surface area contributed by atoms with Crippen molar-refractivity contribution >= 4 is 44.0 Å². The molecule has 136 valence electrons. The Kier molecular flexibility index (Phi) is 5.64. The van der Waals surface area contributed by atoms with Gasteiger partial charge in [0.05, 0.1) is 30.1 Å². The Morgan fingerprint density at radius 2 is 2.36 bits per heavy atom. The van der Waals surface area contributed by atoms with Crippen LogP contribution in [0.3, 0.4) is 0 Å². The van der Waals surface area contributed by atoms with Gasteiger partial charge in [-0.3, -0.25) is 4.79 Å². The van der Waals surface area contributed by atoms with Crippen LogP contribution in [0.1, 0.15) is 12.2 Å². The summed E-state index contributed by atoms with van der Waals surface area (Å²) in [7, 11) is -1.34. The number of anilines is 1. The summed E-state index contributed by atoms with van der Waals surface area (Å²) in [6.07, 6.45) is 2.12. The summed E-state index contributed by atoms with van der Waals surface area (Å²) in [5, 5.41) is 11.8. The zero-order chi connectivity index (χ0) is 17.9. The normalized spacial score (nSPS) is 19.0. The number of thioether (sulfide) groups is 1. The Morgan fingerprint density at radius 3 is 3.04 bits per heavy atom. The van der Waals surface area contributed by atoms with Crippen molar-refractivity contribution in [2.45, 2.75) is 23.3 Å². The summed E-state index contributed by atoms with van der Waals surface area (Å²) in [5.41, 5.74) is 0. The van der Waals surface area contributed by atoms with E-state index in [0.29, 0.717) is 22.4 Å². The summed E-state index contributed by atoms with van der Waals surface area (Å²) in [4.78, 5) is 13.8. The third-order valence-electron chi connectivity index (χ3n) is 3.87. The van der Waals surface area contributed by atoms with Crippen molar-refractivity contribution < 1.29 is 17.6 Å². The van der Waals surface area contributed by atoms with Gasteiger partial charge in [0.2, 0.25) is 11.0 Å². The zero-order valence-electron chi connectivity index (χ0n) is 13.5. The van der Waals surface area contributed by atoms with Crippen molar-refractivity contribution in [2.75, 3.05) is 29.6 Å². The molecule has 1 aliphatic heterocycles. The van der Waals surface area contributed by atoms with E-state index in [2.05, 4.69) is 15.5 Å². The van der Waals surface area contributed by atoms with Gasteiger partial charge in [-0.25, -0.2) is 8.42 Å². The molecule has 11 heteroatoms. The number of amides is 1. The largest absolute Gasteiger partial charge is 0.467 e. The van der Waals surface area contributed by atoms with Gasteiger partial charge < -0.3 is 14.6 Å². The number of rotatable bonds is 7. The van der Waals surface area contributed by atoms with E-state index in [1.165, 1.54) is 28.0 Å². The minimum Gasteiger partial charge on any atom is -0.467 e. The van der Waals surface area contributed by atoms with Gasteiger partial charge in [0.25, 0.3) is 0 Å². The molecule has 3 heterocycles. The summed E-state index contributed by atoms with van der Waals surface area (Å²) in [6.45, 7) is 0.518. The lowest BCUT2D eigenvalue weighted by Gasteiger charge is -2.22.